The molecule has 2 N–H and O–H groups in total. The maximum absolute atomic E-state index is 13.4. The fraction of sp³-hybridized carbons (Fsp3) is 0.154. The van der Waals surface area contributed by atoms with Gasteiger partial charge in [0, 0.05) is 11.8 Å². The zero-order valence-electron chi connectivity index (χ0n) is 9.11. The predicted molar refractivity (Wildman–Crippen MR) is 61.2 cm³/mol. The molecule has 0 saturated heterocycles. The monoisotopic (exact) mass is 234 g/mol. The number of nitrogens with two attached hydrogens (primary N) is 1. The van der Waals surface area contributed by atoms with Crippen molar-refractivity contribution in [3.05, 3.63) is 65.5 Å². The lowest BCUT2D eigenvalue weighted by molar-refractivity contribution is 0.537. The third-order valence-electron chi connectivity index (χ3n) is 2.55. The van der Waals surface area contributed by atoms with Gasteiger partial charge in [-0.15, -0.1) is 0 Å². The van der Waals surface area contributed by atoms with Gasteiger partial charge in [-0.25, -0.2) is 8.78 Å². The average molecular weight is 234 g/mol. The standard InChI is InChI=1S/C13H12F2N2/c14-10-4-3-5-11(15)9(10)8-12(16)13-6-1-2-7-17-13/h1-7,12H,8,16H2. The molecular formula is C13H12F2N2. The molecule has 2 aromatic rings. The lowest BCUT2D eigenvalue weighted by Gasteiger charge is -2.12. The maximum Gasteiger partial charge on any atom is 0.129 e. The number of hydrogen-bond donors (Lipinski definition) is 1. The number of nitrogens with zero attached hydrogens (tertiary/aromatic N) is 1. The van der Waals surface area contributed by atoms with Crippen molar-refractivity contribution in [1.82, 2.24) is 4.98 Å². The second-order valence-corrected chi connectivity index (χ2v) is 3.77. The van der Waals surface area contributed by atoms with Gasteiger partial charge in [0.1, 0.15) is 11.6 Å². The van der Waals surface area contributed by atoms with Crippen LogP contribution < -0.4 is 5.73 Å². The summed E-state index contributed by atoms with van der Waals surface area (Å²) >= 11 is 0. The van der Waals surface area contributed by atoms with Crippen LogP contribution in [0.25, 0.3) is 0 Å². The van der Waals surface area contributed by atoms with E-state index >= 15 is 0 Å². The summed E-state index contributed by atoms with van der Waals surface area (Å²) in [7, 11) is 0. The molecule has 1 aromatic heterocycles. The molecular weight excluding hydrogens is 222 g/mol. The molecule has 1 atom stereocenters. The van der Waals surface area contributed by atoms with Gasteiger partial charge in [0.15, 0.2) is 0 Å². The molecule has 0 bridgehead atoms. The highest BCUT2D eigenvalue weighted by molar-refractivity contribution is 5.22. The first-order valence-corrected chi connectivity index (χ1v) is 5.28. The van der Waals surface area contributed by atoms with Gasteiger partial charge >= 0.3 is 0 Å². The predicted octanol–water partition coefficient (Wildman–Crippen LogP) is 2.60. The zero-order chi connectivity index (χ0) is 12.3. The molecule has 0 aliphatic rings. The van der Waals surface area contributed by atoms with Gasteiger partial charge in [-0.3, -0.25) is 4.98 Å². The summed E-state index contributed by atoms with van der Waals surface area (Å²) in [5, 5.41) is 0. The molecule has 0 aliphatic heterocycles. The molecule has 0 aliphatic carbocycles. The van der Waals surface area contributed by atoms with E-state index in [-0.39, 0.29) is 12.0 Å². The van der Waals surface area contributed by atoms with Gasteiger partial charge in [-0.1, -0.05) is 12.1 Å². The zero-order valence-corrected chi connectivity index (χ0v) is 9.11. The van der Waals surface area contributed by atoms with Crippen LogP contribution in [0, 0.1) is 11.6 Å². The summed E-state index contributed by atoms with van der Waals surface area (Å²) in [5.41, 5.74) is 6.49. The van der Waals surface area contributed by atoms with E-state index in [1.807, 2.05) is 0 Å². The highest BCUT2D eigenvalue weighted by atomic mass is 19.1. The first-order valence-electron chi connectivity index (χ1n) is 5.28. The summed E-state index contributed by atoms with van der Waals surface area (Å²) in [6.45, 7) is 0. The topological polar surface area (TPSA) is 38.9 Å². The Bertz CT molecular complexity index is 480. The number of pyridine rings is 1. The Balaban J connectivity index is 2.22. The van der Waals surface area contributed by atoms with Crippen molar-refractivity contribution in [2.75, 3.05) is 0 Å². The Kier molecular flexibility index (Phi) is 3.44. The summed E-state index contributed by atoms with van der Waals surface area (Å²) in [5.74, 6) is -1.15. The molecule has 0 spiro atoms. The lowest BCUT2D eigenvalue weighted by Crippen LogP contribution is -2.16. The fourth-order valence-corrected chi connectivity index (χ4v) is 1.65. The number of halogens is 2. The number of hydrogen-bond acceptors (Lipinski definition) is 2. The second-order valence-electron chi connectivity index (χ2n) is 3.77. The molecule has 0 amide bonds. The van der Waals surface area contributed by atoms with Crippen molar-refractivity contribution in [1.29, 1.82) is 0 Å². The minimum Gasteiger partial charge on any atom is -0.322 e. The van der Waals surface area contributed by atoms with Gasteiger partial charge in [0.2, 0.25) is 0 Å². The third-order valence-corrected chi connectivity index (χ3v) is 2.55. The molecule has 2 nitrogen and oxygen atoms in total. The van der Waals surface area contributed by atoms with E-state index in [1.165, 1.54) is 18.2 Å². The van der Waals surface area contributed by atoms with Crippen LogP contribution in [-0.4, -0.2) is 4.98 Å². The van der Waals surface area contributed by atoms with Gasteiger partial charge < -0.3 is 5.73 Å². The van der Waals surface area contributed by atoms with Gasteiger partial charge in [0.05, 0.1) is 11.7 Å². The van der Waals surface area contributed by atoms with Crippen LogP contribution >= 0.6 is 0 Å². The van der Waals surface area contributed by atoms with Crippen LogP contribution in [0.15, 0.2) is 42.6 Å². The van der Waals surface area contributed by atoms with Gasteiger partial charge in [-0.2, -0.15) is 0 Å². The highest BCUT2D eigenvalue weighted by Gasteiger charge is 2.14. The maximum atomic E-state index is 13.4. The Hall–Kier alpha value is -1.81. The van der Waals surface area contributed by atoms with Crippen molar-refractivity contribution >= 4 is 0 Å². The molecule has 88 valence electrons. The number of aromatic nitrogens is 1. The Morgan fingerprint density at radius 1 is 1.06 bits per heavy atom. The molecule has 4 heteroatoms. The molecule has 1 aromatic carbocycles. The van der Waals surface area contributed by atoms with E-state index in [2.05, 4.69) is 4.98 Å². The minimum atomic E-state index is -0.573. The van der Waals surface area contributed by atoms with Crippen molar-refractivity contribution in [2.45, 2.75) is 12.5 Å². The number of rotatable bonds is 3. The smallest absolute Gasteiger partial charge is 0.129 e. The summed E-state index contributed by atoms with van der Waals surface area (Å²) in [6.07, 6.45) is 1.70. The van der Waals surface area contributed by atoms with Crippen LogP contribution in [0.4, 0.5) is 8.78 Å². The minimum absolute atomic E-state index is 0.00523. The fourth-order valence-electron chi connectivity index (χ4n) is 1.65. The molecule has 0 fully saturated rings. The Morgan fingerprint density at radius 2 is 1.76 bits per heavy atom. The van der Waals surface area contributed by atoms with E-state index in [4.69, 9.17) is 5.73 Å². The Labute approximate surface area is 98.1 Å². The van der Waals surface area contributed by atoms with Crippen molar-refractivity contribution < 1.29 is 8.78 Å². The van der Waals surface area contributed by atoms with E-state index < -0.39 is 17.7 Å². The van der Waals surface area contributed by atoms with Crippen LogP contribution in [0.1, 0.15) is 17.3 Å². The lowest BCUT2D eigenvalue weighted by atomic mass is 10.0. The molecule has 17 heavy (non-hydrogen) atoms. The summed E-state index contributed by atoms with van der Waals surface area (Å²) in [4.78, 5) is 4.06. The van der Waals surface area contributed by atoms with E-state index in [0.717, 1.165) is 0 Å². The van der Waals surface area contributed by atoms with Crippen molar-refractivity contribution in [3.63, 3.8) is 0 Å². The largest absolute Gasteiger partial charge is 0.322 e. The quantitative estimate of drug-likeness (QED) is 0.886. The second kappa shape index (κ2) is 5.01. The van der Waals surface area contributed by atoms with Crippen LogP contribution in [0.3, 0.4) is 0 Å². The first kappa shape index (κ1) is 11.7. The van der Waals surface area contributed by atoms with Crippen LogP contribution in [-0.2, 0) is 6.42 Å². The SMILES string of the molecule is NC(Cc1c(F)cccc1F)c1ccccn1. The van der Waals surface area contributed by atoms with Crippen LogP contribution in [0.2, 0.25) is 0 Å². The van der Waals surface area contributed by atoms with Crippen molar-refractivity contribution in [3.8, 4) is 0 Å². The Morgan fingerprint density at radius 3 is 2.35 bits per heavy atom. The summed E-state index contributed by atoms with van der Waals surface area (Å²) in [6, 6.07) is 8.57. The highest BCUT2D eigenvalue weighted by Crippen LogP contribution is 2.19. The molecule has 1 unspecified atom stereocenters. The summed E-state index contributed by atoms with van der Waals surface area (Å²) < 4.78 is 26.8. The molecule has 0 radical (unpaired) electrons. The normalized spacial score (nSPS) is 12.4. The van der Waals surface area contributed by atoms with E-state index in [0.29, 0.717) is 5.69 Å². The van der Waals surface area contributed by atoms with Gasteiger partial charge in [0.25, 0.3) is 0 Å². The third kappa shape index (κ3) is 2.65. The molecule has 2 rings (SSSR count). The average Bonchev–Trinajstić information content (AvgIpc) is 2.35. The van der Waals surface area contributed by atoms with E-state index in [9.17, 15) is 8.78 Å². The van der Waals surface area contributed by atoms with Crippen molar-refractivity contribution in [2.24, 2.45) is 5.73 Å². The van der Waals surface area contributed by atoms with E-state index in [1.54, 1.807) is 24.4 Å². The van der Waals surface area contributed by atoms with Crippen LogP contribution in [0.5, 0.6) is 0 Å². The van der Waals surface area contributed by atoms with Gasteiger partial charge in [-0.05, 0) is 30.7 Å². The first-order chi connectivity index (χ1) is 8.18. The molecule has 0 saturated carbocycles. The molecule has 1 heterocycles. The number of benzene rings is 1.